The molecule has 0 unspecified atom stereocenters. The highest BCUT2D eigenvalue weighted by Crippen LogP contribution is 2.23. The molecule has 0 saturated carbocycles. The Hall–Kier alpha value is -1.73. The van der Waals surface area contributed by atoms with Crippen LogP contribution in [0.3, 0.4) is 0 Å². The number of nitrogen functional groups attached to an aromatic ring is 1. The minimum atomic E-state index is -0.924. The molecule has 110 valence electrons. The molecule has 1 aromatic carbocycles. The first-order chi connectivity index (χ1) is 9.65. The predicted octanol–water partition coefficient (Wildman–Crippen LogP) is 1.95. The van der Waals surface area contributed by atoms with Gasteiger partial charge < -0.3 is 19.8 Å². The van der Waals surface area contributed by atoms with E-state index >= 15 is 0 Å². The fraction of sp³-hybridized carbons (Fsp3) is 0.462. The Morgan fingerprint density at radius 2 is 2.05 bits per heavy atom. The zero-order valence-electron chi connectivity index (χ0n) is 11.2. The molecule has 0 bridgehead atoms. The number of aryl methyl sites for hydroxylation is 1. The van der Waals surface area contributed by atoms with Crippen LogP contribution in [-0.2, 0) is 16.0 Å². The summed E-state index contributed by atoms with van der Waals surface area (Å²) in [5.74, 6) is -1.66. The van der Waals surface area contributed by atoms with Crippen molar-refractivity contribution >= 4 is 17.0 Å². The number of hydrogen-bond acceptors (Lipinski definition) is 4. The molecule has 2 N–H and O–H groups in total. The lowest BCUT2D eigenvalue weighted by Gasteiger charge is -2.08. The number of ether oxygens (including phenoxy) is 2. The lowest BCUT2D eigenvalue weighted by atomic mass is 10.3. The number of methoxy groups -OCH3 is 1. The Labute approximate surface area is 115 Å². The molecule has 0 spiro atoms. The van der Waals surface area contributed by atoms with Gasteiger partial charge in [-0.3, -0.25) is 0 Å². The molecular weight excluding hydrogens is 268 g/mol. The molecule has 0 saturated heterocycles. The van der Waals surface area contributed by atoms with Crippen LogP contribution in [0.25, 0.3) is 11.0 Å². The van der Waals surface area contributed by atoms with E-state index in [1.165, 1.54) is 10.6 Å². The number of fused-ring (bicyclic) bond motifs is 1. The maximum atomic E-state index is 13.8. The number of aromatic nitrogens is 2. The zero-order valence-corrected chi connectivity index (χ0v) is 11.2. The van der Waals surface area contributed by atoms with Gasteiger partial charge >= 0.3 is 0 Å². The first-order valence-electron chi connectivity index (χ1n) is 6.31. The summed E-state index contributed by atoms with van der Waals surface area (Å²) in [5, 5.41) is 0. The molecule has 5 nitrogen and oxygen atoms in total. The molecule has 1 aromatic heterocycles. The Morgan fingerprint density at radius 1 is 1.25 bits per heavy atom. The standard InChI is InChI=1S/C13H17F2N3O2/c1-19-7-8-20-6-2-5-18-12-10(17-13(18)16)4-3-9(14)11(12)15/h3-4H,2,5-8H2,1H3,(H2,16,17). The Bertz CT molecular complexity index is 586. The van der Waals surface area contributed by atoms with Gasteiger partial charge in [-0.1, -0.05) is 0 Å². The third-order valence-corrected chi connectivity index (χ3v) is 2.93. The number of nitrogens with zero attached hydrogens (tertiary/aromatic N) is 2. The topological polar surface area (TPSA) is 62.3 Å². The van der Waals surface area contributed by atoms with E-state index < -0.39 is 11.6 Å². The van der Waals surface area contributed by atoms with E-state index in [2.05, 4.69) is 4.98 Å². The molecule has 0 aliphatic heterocycles. The van der Waals surface area contributed by atoms with Crippen molar-refractivity contribution in [2.75, 3.05) is 32.7 Å². The van der Waals surface area contributed by atoms with Crippen LogP contribution in [0.4, 0.5) is 14.7 Å². The van der Waals surface area contributed by atoms with Crippen molar-refractivity contribution in [3.8, 4) is 0 Å². The summed E-state index contributed by atoms with van der Waals surface area (Å²) < 4.78 is 38.7. The lowest BCUT2D eigenvalue weighted by Crippen LogP contribution is -2.09. The second-order valence-electron chi connectivity index (χ2n) is 4.31. The third kappa shape index (κ3) is 3.05. The normalized spacial score (nSPS) is 11.3. The van der Waals surface area contributed by atoms with Gasteiger partial charge in [0.05, 0.1) is 18.7 Å². The summed E-state index contributed by atoms with van der Waals surface area (Å²) in [6.45, 7) is 1.92. The largest absolute Gasteiger partial charge is 0.382 e. The molecule has 0 aliphatic carbocycles. The molecule has 2 rings (SSSR count). The fourth-order valence-electron chi connectivity index (χ4n) is 1.97. The van der Waals surface area contributed by atoms with Crippen molar-refractivity contribution in [2.45, 2.75) is 13.0 Å². The molecular formula is C13H17F2N3O2. The molecule has 0 amide bonds. The number of anilines is 1. The lowest BCUT2D eigenvalue weighted by molar-refractivity contribution is 0.0681. The number of halogens is 2. The van der Waals surface area contributed by atoms with Crippen LogP contribution in [0.15, 0.2) is 12.1 Å². The average molecular weight is 285 g/mol. The van der Waals surface area contributed by atoms with E-state index in [1.807, 2.05) is 0 Å². The van der Waals surface area contributed by atoms with Crippen LogP contribution in [0.2, 0.25) is 0 Å². The van der Waals surface area contributed by atoms with Gasteiger partial charge in [0.2, 0.25) is 5.95 Å². The smallest absolute Gasteiger partial charge is 0.201 e. The SMILES string of the molecule is COCCOCCCn1c(N)nc2ccc(F)c(F)c21. The van der Waals surface area contributed by atoms with E-state index in [9.17, 15) is 8.78 Å². The summed E-state index contributed by atoms with van der Waals surface area (Å²) in [7, 11) is 1.60. The highest BCUT2D eigenvalue weighted by Gasteiger charge is 2.15. The monoisotopic (exact) mass is 285 g/mol. The molecule has 7 heteroatoms. The van der Waals surface area contributed by atoms with Gasteiger partial charge in [-0.25, -0.2) is 13.8 Å². The van der Waals surface area contributed by atoms with Gasteiger partial charge in [-0.2, -0.15) is 0 Å². The predicted molar refractivity (Wildman–Crippen MR) is 71.4 cm³/mol. The maximum Gasteiger partial charge on any atom is 0.201 e. The molecule has 1 heterocycles. The van der Waals surface area contributed by atoms with Crippen molar-refractivity contribution in [3.63, 3.8) is 0 Å². The van der Waals surface area contributed by atoms with Gasteiger partial charge in [0.25, 0.3) is 0 Å². The van der Waals surface area contributed by atoms with Crippen LogP contribution in [-0.4, -0.2) is 36.5 Å². The molecule has 0 aliphatic rings. The zero-order chi connectivity index (χ0) is 14.5. The minimum absolute atomic E-state index is 0.0967. The molecule has 20 heavy (non-hydrogen) atoms. The number of benzene rings is 1. The van der Waals surface area contributed by atoms with Crippen molar-refractivity contribution < 1.29 is 18.3 Å². The number of imidazole rings is 1. The summed E-state index contributed by atoms with van der Waals surface area (Å²) in [4.78, 5) is 4.02. The number of rotatable bonds is 7. The fourth-order valence-corrected chi connectivity index (χ4v) is 1.97. The quantitative estimate of drug-likeness (QED) is 0.790. The van der Waals surface area contributed by atoms with E-state index in [-0.39, 0.29) is 11.5 Å². The summed E-state index contributed by atoms with van der Waals surface area (Å²) in [6, 6.07) is 2.46. The van der Waals surface area contributed by atoms with Crippen LogP contribution >= 0.6 is 0 Å². The third-order valence-electron chi connectivity index (χ3n) is 2.93. The number of nitrogens with two attached hydrogens (primary N) is 1. The number of hydrogen-bond donors (Lipinski definition) is 1. The Balaban J connectivity index is 2.06. The Morgan fingerprint density at radius 3 is 2.80 bits per heavy atom. The van der Waals surface area contributed by atoms with Gasteiger partial charge in [0, 0.05) is 20.3 Å². The van der Waals surface area contributed by atoms with Crippen molar-refractivity contribution in [1.29, 1.82) is 0 Å². The summed E-state index contributed by atoms with van der Waals surface area (Å²) in [5.41, 5.74) is 6.18. The van der Waals surface area contributed by atoms with Crippen LogP contribution in [0.1, 0.15) is 6.42 Å². The van der Waals surface area contributed by atoms with Gasteiger partial charge in [0.1, 0.15) is 5.52 Å². The average Bonchev–Trinajstić information content (AvgIpc) is 2.75. The molecule has 2 aromatic rings. The highest BCUT2D eigenvalue weighted by molar-refractivity contribution is 5.79. The Kier molecular flexibility index (Phi) is 4.86. The van der Waals surface area contributed by atoms with Crippen LogP contribution in [0.5, 0.6) is 0 Å². The minimum Gasteiger partial charge on any atom is -0.382 e. The van der Waals surface area contributed by atoms with Gasteiger partial charge in [-0.15, -0.1) is 0 Å². The summed E-state index contributed by atoms with van der Waals surface area (Å²) in [6.07, 6.45) is 0.620. The van der Waals surface area contributed by atoms with Crippen molar-refractivity contribution in [3.05, 3.63) is 23.8 Å². The molecule has 0 atom stereocenters. The molecule has 0 radical (unpaired) electrons. The first kappa shape index (κ1) is 14.7. The van der Waals surface area contributed by atoms with Crippen molar-refractivity contribution in [2.24, 2.45) is 0 Å². The van der Waals surface area contributed by atoms with E-state index in [0.29, 0.717) is 38.3 Å². The second-order valence-corrected chi connectivity index (χ2v) is 4.31. The van der Waals surface area contributed by atoms with E-state index in [0.717, 1.165) is 6.07 Å². The first-order valence-corrected chi connectivity index (χ1v) is 6.31. The molecule has 0 fully saturated rings. The summed E-state index contributed by atoms with van der Waals surface area (Å²) >= 11 is 0. The van der Waals surface area contributed by atoms with E-state index in [1.54, 1.807) is 7.11 Å². The van der Waals surface area contributed by atoms with Gasteiger partial charge in [0.15, 0.2) is 11.6 Å². The van der Waals surface area contributed by atoms with Gasteiger partial charge in [-0.05, 0) is 18.6 Å². The van der Waals surface area contributed by atoms with Crippen LogP contribution < -0.4 is 5.73 Å². The maximum absolute atomic E-state index is 13.8. The van der Waals surface area contributed by atoms with E-state index in [4.69, 9.17) is 15.2 Å². The second kappa shape index (κ2) is 6.62. The van der Waals surface area contributed by atoms with Crippen LogP contribution in [0, 0.1) is 11.6 Å². The highest BCUT2D eigenvalue weighted by atomic mass is 19.2. The van der Waals surface area contributed by atoms with Crippen molar-refractivity contribution in [1.82, 2.24) is 9.55 Å².